The van der Waals surface area contributed by atoms with Gasteiger partial charge in [-0.1, -0.05) is 0 Å². The van der Waals surface area contributed by atoms with Gasteiger partial charge in [0.2, 0.25) is 0 Å². The number of amides is 1. The summed E-state index contributed by atoms with van der Waals surface area (Å²) >= 11 is 3.21. The molecule has 0 aliphatic rings. The summed E-state index contributed by atoms with van der Waals surface area (Å²) in [5.41, 5.74) is 0.555. The monoisotopic (exact) mass is 286 g/mol. The number of halogens is 1. The maximum atomic E-state index is 11.7. The zero-order valence-electron chi connectivity index (χ0n) is 9.27. The van der Waals surface area contributed by atoms with Crippen LogP contribution in [0.15, 0.2) is 22.9 Å². The molecule has 1 aromatic heterocycles. The summed E-state index contributed by atoms with van der Waals surface area (Å²) < 4.78 is 0.628. The molecule has 2 unspecified atom stereocenters. The van der Waals surface area contributed by atoms with Gasteiger partial charge in [0.15, 0.2) is 0 Å². The van der Waals surface area contributed by atoms with Gasteiger partial charge < -0.3 is 10.4 Å². The molecule has 0 radical (unpaired) electrons. The van der Waals surface area contributed by atoms with Crippen LogP contribution in [0.3, 0.4) is 0 Å². The molecule has 0 aliphatic heterocycles. The van der Waals surface area contributed by atoms with E-state index in [2.05, 4.69) is 26.2 Å². The summed E-state index contributed by atoms with van der Waals surface area (Å²) in [6.07, 6.45) is 1.69. The van der Waals surface area contributed by atoms with Gasteiger partial charge in [-0.2, -0.15) is 0 Å². The predicted octanol–water partition coefficient (Wildman–Crippen LogP) is 1.73. The second-order valence-corrected chi connectivity index (χ2v) is 4.64. The summed E-state index contributed by atoms with van der Waals surface area (Å²) in [6.45, 7) is 3.56. The highest BCUT2D eigenvalue weighted by molar-refractivity contribution is 9.10. The highest BCUT2D eigenvalue weighted by atomic mass is 79.9. The average molecular weight is 287 g/mol. The van der Waals surface area contributed by atoms with Crippen LogP contribution in [0.25, 0.3) is 0 Å². The summed E-state index contributed by atoms with van der Waals surface area (Å²) in [5.74, 6) is -0.156. The van der Waals surface area contributed by atoms with Crippen molar-refractivity contribution in [1.82, 2.24) is 10.3 Å². The normalized spacial score (nSPS) is 14.2. The van der Waals surface area contributed by atoms with Crippen LogP contribution in [0.4, 0.5) is 0 Å². The number of aromatic nitrogens is 1. The van der Waals surface area contributed by atoms with Gasteiger partial charge >= 0.3 is 0 Å². The molecule has 88 valence electrons. The second-order valence-electron chi connectivity index (χ2n) is 3.83. The molecule has 0 aromatic carbocycles. The summed E-state index contributed by atoms with van der Waals surface area (Å²) in [6, 6.07) is 3.25. The van der Waals surface area contributed by atoms with Crippen LogP contribution >= 0.6 is 15.9 Å². The van der Waals surface area contributed by atoms with Gasteiger partial charge in [-0.15, -0.1) is 0 Å². The Morgan fingerprint density at radius 2 is 2.31 bits per heavy atom. The van der Waals surface area contributed by atoms with E-state index >= 15 is 0 Å². The van der Waals surface area contributed by atoms with Crippen LogP contribution in [-0.4, -0.2) is 28.1 Å². The van der Waals surface area contributed by atoms with Crippen LogP contribution in [0.5, 0.6) is 0 Å². The van der Waals surface area contributed by atoms with E-state index in [1.807, 2.05) is 6.92 Å². The minimum atomic E-state index is -0.417. The Hall–Kier alpha value is -0.940. The molecule has 16 heavy (non-hydrogen) atoms. The van der Waals surface area contributed by atoms with Gasteiger partial charge in [-0.3, -0.25) is 4.79 Å². The summed E-state index contributed by atoms with van der Waals surface area (Å²) in [4.78, 5) is 15.7. The van der Waals surface area contributed by atoms with Crippen LogP contribution in [-0.2, 0) is 0 Å². The smallest absolute Gasteiger partial charge is 0.251 e. The molecule has 0 aliphatic carbocycles. The lowest BCUT2D eigenvalue weighted by Gasteiger charge is -2.15. The van der Waals surface area contributed by atoms with Crippen molar-refractivity contribution < 1.29 is 9.90 Å². The van der Waals surface area contributed by atoms with E-state index in [1.54, 1.807) is 25.3 Å². The second kappa shape index (κ2) is 5.96. The Morgan fingerprint density at radius 1 is 1.62 bits per heavy atom. The maximum absolute atomic E-state index is 11.7. The minimum Gasteiger partial charge on any atom is -0.393 e. The molecular weight excluding hydrogens is 272 g/mol. The number of hydrogen-bond donors (Lipinski definition) is 2. The first-order chi connectivity index (χ1) is 7.49. The topological polar surface area (TPSA) is 62.2 Å². The lowest BCUT2D eigenvalue weighted by Crippen LogP contribution is -2.34. The van der Waals surface area contributed by atoms with Crippen molar-refractivity contribution >= 4 is 21.8 Å². The van der Waals surface area contributed by atoms with Crippen molar-refractivity contribution in [3.63, 3.8) is 0 Å². The Bertz CT molecular complexity index is 369. The first kappa shape index (κ1) is 13.1. The van der Waals surface area contributed by atoms with E-state index in [9.17, 15) is 9.90 Å². The summed E-state index contributed by atoms with van der Waals surface area (Å²) in [7, 11) is 0. The van der Waals surface area contributed by atoms with Gasteiger partial charge in [0.05, 0.1) is 6.10 Å². The van der Waals surface area contributed by atoms with Crippen molar-refractivity contribution in [2.45, 2.75) is 32.4 Å². The van der Waals surface area contributed by atoms with E-state index in [0.717, 1.165) is 0 Å². The lowest BCUT2D eigenvalue weighted by atomic mass is 10.1. The molecule has 1 rings (SSSR count). The first-order valence-corrected chi connectivity index (χ1v) is 5.89. The van der Waals surface area contributed by atoms with Crippen molar-refractivity contribution in [3.05, 3.63) is 28.5 Å². The lowest BCUT2D eigenvalue weighted by molar-refractivity contribution is 0.0923. The van der Waals surface area contributed by atoms with Gasteiger partial charge in [0.1, 0.15) is 4.60 Å². The van der Waals surface area contributed by atoms with Gasteiger partial charge in [0.25, 0.3) is 5.91 Å². The van der Waals surface area contributed by atoms with E-state index in [1.165, 1.54) is 0 Å². The third-order valence-electron chi connectivity index (χ3n) is 2.06. The molecule has 1 heterocycles. The zero-order chi connectivity index (χ0) is 12.1. The Kier molecular flexibility index (Phi) is 4.89. The molecule has 0 saturated heterocycles. The number of pyridine rings is 1. The van der Waals surface area contributed by atoms with Crippen LogP contribution in [0.2, 0.25) is 0 Å². The Balaban J connectivity index is 2.59. The highest BCUT2D eigenvalue weighted by Gasteiger charge is 2.11. The van der Waals surface area contributed by atoms with Gasteiger partial charge in [-0.25, -0.2) is 4.98 Å². The molecule has 0 bridgehead atoms. The van der Waals surface area contributed by atoms with Gasteiger partial charge in [0, 0.05) is 17.8 Å². The summed E-state index contributed by atoms with van der Waals surface area (Å²) in [5, 5.41) is 12.0. The van der Waals surface area contributed by atoms with E-state index in [0.29, 0.717) is 16.6 Å². The fourth-order valence-corrected chi connectivity index (χ4v) is 1.79. The SMILES string of the molecule is CC(O)CC(C)NC(=O)c1ccnc(Br)c1. The Morgan fingerprint density at radius 3 is 2.88 bits per heavy atom. The fourth-order valence-electron chi connectivity index (χ4n) is 1.42. The molecule has 0 fully saturated rings. The number of aliphatic hydroxyl groups excluding tert-OH is 1. The maximum Gasteiger partial charge on any atom is 0.251 e. The number of nitrogens with one attached hydrogen (secondary N) is 1. The predicted molar refractivity (Wildman–Crippen MR) is 65.2 cm³/mol. The molecule has 5 heteroatoms. The third kappa shape index (κ3) is 4.28. The number of rotatable bonds is 4. The van der Waals surface area contributed by atoms with Crippen molar-refractivity contribution in [3.8, 4) is 0 Å². The molecule has 2 atom stereocenters. The minimum absolute atomic E-state index is 0.0561. The van der Waals surface area contributed by atoms with Crippen LogP contribution < -0.4 is 5.32 Å². The van der Waals surface area contributed by atoms with Crippen molar-refractivity contribution in [2.24, 2.45) is 0 Å². The third-order valence-corrected chi connectivity index (χ3v) is 2.49. The van der Waals surface area contributed by atoms with E-state index < -0.39 is 6.10 Å². The van der Waals surface area contributed by atoms with Crippen molar-refractivity contribution in [1.29, 1.82) is 0 Å². The van der Waals surface area contributed by atoms with Crippen molar-refractivity contribution in [2.75, 3.05) is 0 Å². The first-order valence-electron chi connectivity index (χ1n) is 5.09. The van der Waals surface area contributed by atoms with E-state index in [4.69, 9.17) is 0 Å². The number of aliphatic hydroxyl groups is 1. The highest BCUT2D eigenvalue weighted by Crippen LogP contribution is 2.08. The fraction of sp³-hybridized carbons (Fsp3) is 0.455. The van der Waals surface area contributed by atoms with Crippen LogP contribution in [0, 0.1) is 0 Å². The van der Waals surface area contributed by atoms with E-state index in [-0.39, 0.29) is 11.9 Å². The molecule has 1 amide bonds. The zero-order valence-corrected chi connectivity index (χ0v) is 10.9. The number of nitrogens with zero attached hydrogens (tertiary/aromatic N) is 1. The standard InChI is InChI=1S/C11H15BrN2O2/c1-7(5-8(2)15)14-11(16)9-3-4-13-10(12)6-9/h3-4,6-8,15H,5H2,1-2H3,(H,14,16). The number of carbonyl (C=O) groups excluding carboxylic acids is 1. The average Bonchev–Trinajstić information content (AvgIpc) is 2.16. The van der Waals surface area contributed by atoms with Crippen LogP contribution in [0.1, 0.15) is 30.6 Å². The molecule has 4 nitrogen and oxygen atoms in total. The Labute approximate surface area is 103 Å². The quantitative estimate of drug-likeness (QED) is 0.829. The van der Waals surface area contributed by atoms with Gasteiger partial charge in [-0.05, 0) is 48.3 Å². The number of hydrogen-bond acceptors (Lipinski definition) is 3. The molecule has 2 N–H and O–H groups in total. The molecule has 0 saturated carbocycles. The molecule has 1 aromatic rings. The number of carbonyl (C=O) groups is 1. The molecule has 0 spiro atoms. The largest absolute Gasteiger partial charge is 0.393 e. The molecular formula is C11H15BrN2O2.